The van der Waals surface area contributed by atoms with Gasteiger partial charge in [0.25, 0.3) is 0 Å². The Morgan fingerprint density at radius 1 is 1.05 bits per heavy atom. The topological polar surface area (TPSA) is 30.5 Å². The molecule has 3 heteroatoms. The molecular weight excluding hydrogens is 238 g/mol. The van der Waals surface area contributed by atoms with Crippen molar-refractivity contribution in [2.75, 3.05) is 12.1 Å². The monoisotopic (exact) mass is 255 g/mol. The predicted molar refractivity (Wildman–Crippen MR) is 75.7 cm³/mol. The fraction of sp³-hybridized carbons (Fsp3) is 0.250. The van der Waals surface area contributed by atoms with E-state index in [9.17, 15) is 0 Å². The van der Waals surface area contributed by atoms with Crippen LogP contribution >= 0.6 is 0 Å². The number of fused-ring (bicyclic) bond motifs is 1. The molecule has 1 aliphatic heterocycles. The average Bonchev–Trinajstić information content (AvgIpc) is 2.93. The zero-order valence-electron chi connectivity index (χ0n) is 10.9. The van der Waals surface area contributed by atoms with Crippen LogP contribution in [0.25, 0.3) is 0 Å². The van der Waals surface area contributed by atoms with E-state index in [2.05, 4.69) is 36.5 Å². The Balaban J connectivity index is 1.80. The number of hydrogen-bond donors (Lipinski definition) is 1. The Hall–Kier alpha value is -2.16. The van der Waals surface area contributed by atoms with E-state index >= 15 is 0 Å². The van der Waals surface area contributed by atoms with Crippen molar-refractivity contribution < 1.29 is 9.47 Å². The molecule has 1 N–H and O–H groups in total. The maximum atomic E-state index is 5.40. The van der Waals surface area contributed by atoms with Crippen LogP contribution in [-0.2, 0) is 0 Å². The van der Waals surface area contributed by atoms with E-state index in [-0.39, 0.29) is 0 Å². The van der Waals surface area contributed by atoms with Crippen molar-refractivity contribution in [1.82, 2.24) is 0 Å². The van der Waals surface area contributed by atoms with Gasteiger partial charge in [-0.1, -0.05) is 37.3 Å². The van der Waals surface area contributed by atoms with Crippen LogP contribution in [0.1, 0.15) is 24.9 Å². The zero-order chi connectivity index (χ0) is 13.1. The molecule has 1 unspecified atom stereocenters. The Morgan fingerprint density at radius 3 is 2.63 bits per heavy atom. The van der Waals surface area contributed by atoms with Gasteiger partial charge in [-0.3, -0.25) is 0 Å². The summed E-state index contributed by atoms with van der Waals surface area (Å²) in [5, 5.41) is 3.54. The van der Waals surface area contributed by atoms with Gasteiger partial charge >= 0.3 is 0 Å². The summed E-state index contributed by atoms with van der Waals surface area (Å²) in [6, 6.07) is 16.7. The van der Waals surface area contributed by atoms with Crippen molar-refractivity contribution in [1.29, 1.82) is 0 Å². The zero-order valence-corrected chi connectivity index (χ0v) is 10.9. The highest BCUT2D eigenvalue weighted by Crippen LogP contribution is 2.35. The average molecular weight is 255 g/mol. The molecule has 3 rings (SSSR count). The number of nitrogens with one attached hydrogen (secondary N) is 1. The van der Waals surface area contributed by atoms with Crippen LogP contribution in [-0.4, -0.2) is 6.79 Å². The standard InChI is InChI=1S/C16H17NO2/c1-2-14(12-6-4-3-5-7-12)17-13-8-9-15-16(10-13)19-11-18-15/h3-10,14,17H,2,11H2,1H3. The molecule has 0 saturated carbocycles. The van der Waals surface area contributed by atoms with Crippen LogP contribution in [0, 0.1) is 0 Å². The molecule has 19 heavy (non-hydrogen) atoms. The maximum absolute atomic E-state index is 5.40. The fourth-order valence-electron chi connectivity index (χ4n) is 2.29. The van der Waals surface area contributed by atoms with E-state index in [0.29, 0.717) is 12.8 Å². The SMILES string of the molecule is CCC(Nc1ccc2c(c1)OCO2)c1ccccc1. The van der Waals surface area contributed by atoms with Gasteiger partial charge in [0.05, 0.1) is 6.04 Å². The molecule has 0 fully saturated rings. The molecule has 1 heterocycles. The lowest BCUT2D eigenvalue weighted by Crippen LogP contribution is -2.09. The highest BCUT2D eigenvalue weighted by molar-refractivity contribution is 5.56. The van der Waals surface area contributed by atoms with Crippen molar-refractivity contribution in [3.8, 4) is 11.5 Å². The smallest absolute Gasteiger partial charge is 0.231 e. The van der Waals surface area contributed by atoms with E-state index in [1.54, 1.807) is 0 Å². The first kappa shape index (κ1) is 11.9. The number of anilines is 1. The van der Waals surface area contributed by atoms with Crippen molar-refractivity contribution in [2.24, 2.45) is 0 Å². The first-order chi connectivity index (χ1) is 9.36. The lowest BCUT2D eigenvalue weighted by Gasteiger charge is -2.19. The highest BCUT2D eigenvalue weighted by atomic mass is 16.7. The van der Waals surface area contributed by atoms with Gasteiger partial charge in [-0.15, -0.1) is 0 Å². The molecule has 2 aromatic rings. The van der Waals surface area contributed by atoms with Crippen molar-refractivity contribution in [3.05, 3.63) is 54.1 Å². The Kier molecular flexibility index (Phi) is 3.27. The molecule has 0 aliphatic carbocycles. The van der Waals surface area contributed by atoms with Gasteiger partial charge in [0.1, 0.15) is 0 Å². The molecule has 2 aromatic carbocycles. The predicted octanol–water partition coefficient (Wildman–Crippen LogP) is 3.98. The summed E-state index contributed by atoms with van der Waals surface area (Å²) in [4.78, 5) is 0. The van der Waals surface area contributed by atoms with E-state index in [4.69, 9.17) is 9.47 Å². The molecule has 1 atom stereocenters. The van der Waals surface area contributed by atoms with Gasteiger partial charge < -0.3 is 14.8 Å². The van der Waals surface area contributed by atoms with Crippen molar-refractivity contribution in [3.63, 3.8) is 0 Å². The van der Waals surface area contributed by atoms with Crippen LogP contribution in [0.4, 0.5) is 5.69 Å². The maximum Gasteiger partial charge on any atom is 0.231 e. The molecule has 0 bridgehead atoms. The Morgan fingerprint density at radius 2 is 1.84 bits per heavy atom. The third-order valence-electron chi connectivity index (χ3n) is 3.32. The first-order valence-electron chi connectivity index (χ1n) is 6.58. The van der Waals surface area contributed by atoms with Crippen LogP contribution in [0.3, 0.4) is 0 Å². The minimum absolute atomic E-state index is 0.307. The van der Waals surface area contributed by atoms with Crippen molar-refractivity contribution in [2.45, 2.75) is 19.4 Å². The quantitative estimate of drug-likeness (QED) is 0.896. The molecule has 1 aliphatic rings. The van der Waals surface area contributed by atoms with Crippen molar-refractivity contribution >= 4 is 5.69 Å². The van der Waals surface area contributed by atoms with E-state index in [0.717, 1.165) is 23.6 Å². The minimum Gasteiger partial charge on any atom is -0.454 e. The number of hydrogen-bond acceptors (Lipinski definition) is 3. The van der Waals surface area contributed by atoms with Gasteiger partial charge in [-0.2, -0.15) is 0 Å². The van der Waals surface area contributed by atoms with Crippen LogP contribution in [0.5, 0.6) is 11.5 Å². The summed E-state index contributed by atoms with van der Waals surface area (Å²) in [6.45, 7) is 2.49. The number of ether oxygens (including phenoxy) is 2. The van der Waals surface area contributed by atoms with Crippen LogP contribution in [0.2, 0.25) is 0 Å². The molecular formula is C16H17NO2. The third kappa shape index (κ3) is 2.50. The van der Waals surface area contributed by atoms with Crippen LogP contribution in [0.15, 0.2) is 48.5 Å². The first-order valence-corrected chi connectivity index (χ1v) is 6.58. The number of rotatable bonds is 4. The second kappa shape index (κ2) is 5.22. The molecule has 98 valence electrons. The number of benzene rings is 2. The van der Waals surface area contributed by atoms with Gasteiger partial charge in [0, 0.05) is 11.8 Å². The normalized spacial score (nSPS) is 14.2. The summed E-state index contributed by atoms with van der Waals surface area (Å²) < 4.78 is 10.7. The molecule has 3 nitrogen and oxygen atoms in total. The largest absolute Gasteiger partial charge is 0.454 e. The van der Waals surface area contributed by atoms with Gasteiger partial charge in [0.15, 0.2) is 11.5 Å². The summed E-state index contributed by atoms with van der Waals surface area (Å²) in [7, 11) is 0. The summed E-state index contributed by atoms with van der Waals surface area (Å²) in [5.74, 6) is 1.63. The van der Waals surface area contributed by atoms with Gasteiger partial charge in [-0.25, -0.2) is 0 Å². The van der Waals surface area contributed by atoms with E-state index in [1.807, 2.05) is 24.3 Å². The third-order valence-corrected chi connectivity index (χ3v) is 3.32. The molecule has 0 spiro atoms. The van der Waals surface area contributed by atoms with Gasteiger partial charge in [-0.05, 0) is 24.1 Å². The lowest BCUT2D eigenvalue weighted by molar-refractivity contribution is 0.174. The molecule has 0 saturated heterocycles. The van der Waals surface area contributed by atoms with Crippen LogP contribution < -0.4 is 14.8 Å². The second-order valence-electron chi connectivity index (χ2n) is 4.58. The Labute approximate surface area is 113 Å². The Bertz CT molecular complexity index is 554. The second-order valence-corrected chi connectivity index (χ2v) is 4.58. The van der Waals surface area contributed by atoms with E-state index in [1.165, 1.54) is 5.56 Å². The molecule has 0 amide bonds. The summed E-state index contributed by atoms with van der Waals surface area (Å²) in [6.07, 6.45) is 1.03. The molecule has 0 aromatic heterocycles. The van der Waals surface area contributed by atoms with E-state index < -0.39 is 0 Å². The summed E-state index contributed by atoms with van der Waals surface area (Å²) in [5.41, 5.74) is 2.35. The fourth-order valence-corrected chi connectivity index (χ4v) is 2.29. The van der Waals surface area contributed by atoms with Gasteiger partial charge in [0.2, 0.25) is 6.79 Å². The minimum atomic E-state index is 0.307. The summed E-state index contributed by atoms with van der Waals surface area (Å²) >= 11 is 0. The molecule has 0 radical (unpaired) electrons. The lowest BCUT2D eigenvalue weighted by atomic mass is 10.0. The highest BCUT2D eigenvalue weighted by Gasteiger charge is 2.15.